The second kappa shape index (κ2) is 18.1. The number of carboxylic acid groups (broad SMARTS) is 4. The van der Waals surface area contributed by atoms with Crippen molar-refractivity contribution in [3.63, 3.8) is 0 Å². The van der Waals surface area contributed by atoms with Gasteiger partial charge in [-0.2, -0.15) is 0 Å². The minimum atomic E-state index is -1.82. The molecule has 1 atom stereocenters. The van der Waals surface area contributed by atoms with Gasteiger partial charge in [-0.25, -0.2) is 19.2 Å². The number of hydrogen-bond donors (Lipinski definition) is 4. The average molecular weight is 560 g/mol. The van der Waals surface area contributed by atoms with E-state index in [1.807, 2.05) is 42.2 Å². The summed E-state index contributed by atoms with van der Waals surface area (Å²) in [4.78, 5) is 56.0. The highest BCUT2D eigenvalue weighted by Gasteiger charge is 2.24. The smallest absolute Gasteiger partial charge is 0.414 e. The lowest BCUT2D eigenvalue weighted by molar-refractivity contribution is -0.159. The number of carbonyl (C=O) groups excluding carboxylic acids is 1. The van der Waals surface area contributed by atoms with Gasteiger partial charge in [-0.05, 0) is 31.0 Å². The van der Waals surface area contributed by atoms with Gasteiger partial charge in [0.05, 0.1) is 0 Å². The van der Waals surface area contributed by atoms with Crippen molar-refractivity contribution in [1.82, 2.24) is 9.80 Å². The van der Waals surface area contributed by atoms with E-state index in [1.54, 1.807) is 0 Å². The van der Waals surface area contributed by atoms with Gasteiger partial charge in [0.15, 0.2) is 0 Å². The van der Waals surface area contributed by atoms with Crippen LogP contribution in [0.25, 0.3) is 0 Å². The van der Waals surface area contributed by atoms with E-state index >= 15 is 0 Å². The number of anilines is 1. The normalized spacial score (nSPS) is 13.8. The number of nitrogens with zero attached hydrogens (tertiary/aromatic N) is 3. The fraction of sp³-hybridized carbons (Fsp3) is 0.393. The molecule has 1 saturated heterocycles. The number of amides is 1. The molecule has 0 radical (unpaired) electrons. The molecule has 0 bridgehead atoms. The highest BCUT2D eigenvalue weighted by Crippen LogP contribution is 2.19. The van der Waals surface area contributed by atoms with Crippen LogP contribution < -0.4 is 4.90 Å². The topological polar surface area (TPSA) is 176 Å². The van der Waals surface area contributed by atoms with Gasteiger partial charge in [-0.15, -0.1) is 0 Å². The second-order valence-electron chi connectivity index (χ2n) is 8.90. The van der Waals surface area contributed by atoms with E-state index in [1.165, 1.54) is 5.56 Å². The zero-order valence-electron chi connectivity index (χ0n) is 22.7. The maximum atomic E-state index is 12.6. The number of hydrogen-bond acceptors (Lipinski definition) is 7. The monoisotopic (exact) mass is 559 g/mol. The van der Waals surface area contributed by atoms with E-state index < -0.39 is 23.9 Å². The Morgan fingerprint density at radius 3 is 1.57 bits per heavy atom. The number of carboxylic acids is 4. The molecule has 0 spiro atoms. The number of aliphatic carboxylic acids is 4. The summed E-state index contributed by atoms with van der Waals surface area (Å²) in [5.74, 6) is -7.10. The van der Waals surface area contributed by atoms with Crippen LogP contribution in [0.3, 0.4) is 0 Å². The van der Waals surface area contributed by atoms with E-state index in [2.05, 4.69) is 47.1 Å². The Hall–Kier alpha value is -4.29. The number of benzene rings is 2. The molecule has 1 aliphatic heterocycles. The Labute approximate surface area is 233 Å². The fourth-order valence-electron chi connectivity index (χ4n) is 3.99. The van der Waals surface area contributed by atoms with Crippen molar-refractivity contribution in [2.45, 2.75) is 32.7 Å². The quantitative estimate of drug-likeness (QED) is 0.348. The van der Waals surface area contributed by atoms with Crippen LogP contribution in [0.1, 0.15) is 25.8 Å². The Morgan fingerprint density at radius 2 is 1.15 bits per heavy atom. The molecule has 0 saturated carbocycles. The van der Waals surface area contributed by atoms with Crippen LogP contribution in [0.5, 0.6) is 0 Å². The lowest BCUT2D eigenvalue weighted by Crippen LogP contribution is -2.52. The van der Waals surface area contributed by atoms with E-state index in [-0.39, 0.29) is 11.9 Å². The summed E-state index contributed by atoms with van der Waals surface area (Å²) in [5.41, 5.74) is 2.42. The van der Waals surface area contributed by atoms with Crippen LogP contribution >= 0.6 is 0 Å². The molecule has 0 aliphatic carbocycles. The third-order valence-electron chi connectivity index (χ3n) is 5.96. The van der Waals surface area contributed by atoms with Crippen LogP contribution in [0.2, 0.25) is 0 Å². The average Bonchev–Trinajstić information content (AvgIpc) is 2.94. The van der Waals surface area contributed by atoms with E-state index in [0.717, 1.165) is 51.4 Å². The van der Waals surface area contributed by atoms with Gasteiger partial charge in [0.1, 0.15) is 0 Å². The molecule has 1 heterocycles. The molecule has 0 aromatic heterocycles. The summed E-state index contributed by atoms with van der Waals surface area (Å²) in [5, 5.41) is 29.6. The Balaban J connectivity index is 0.000000559. The Kier molecular flexibility index (Phi) is 15.2. The Bertz CT molecular complexity index is 1040. The van der Waals surface area contributed by atoms with Crippen LogP contribution in [0.4, 0.5) is 5.69 Å². The molecule has 40 heavy (non-hydrogen) atoms. The van der Waals surface area contributed by atoms with Crippen molar-refractivity contribution in [2.24, 2.45) is 0 Å². The lowest BCUT2D eigenvalue weighted by Gasteiger charge is -2.38. The molecule has 3 rings (SSSR count). The molecule has 1 amide bonds. The molecule has 1 unspecified atom stereocenters. The van der Waals surface area contributed by atoms with Gasteiger partial charge < -0.3 is 30.2 Å². The number of piperazine rings is 1. The van der Waals surface area contributed by atoms with Crippen LogP contribution in [-0.2, 0) is 30.4 Å². The van der Waals surface area contributed by atoms with Crippen molar-refractivity contribution in [3.05, 3.63) is 66.2 Å². The molecular formula is C28H37N3O9. The molecule has 12 heteroatoms. The first-order valence-electron chi connectivity index (χ1n) is 12.7. The van der Waals surface area contributed by atoms with Crippen LogP contribution in [-0.4, -0.2) is 105 Å². The van der Waals surface area contributed by atoms with Gasteiger partial charge >= 0.3 is 23.9 Å². The summed E-state index contributed by atoms with van der Waals surface area (Å²) in [6, 6.07) is 21.0. The predicted octanol–water partition coefficient (Wildman–Crippen LogP) is 1.99. The van der Waals surface area contributed by atoms with Gasteiger partial charge in [0, 0.05) is 57.4 Å². The van der Waals surface area contributed by atoms with Gasteiger partial charge in [-0.3, -0.25) is 9.69 Å². The van der Waals surface area contributed by atoms with Gasteiger partial charge in [-0.1, -0.05) is 55.5 Å². The largest absolute Gasteiger partial charge is 0.473 e. The first kappa shape index (κ1) is 33.7. The summed E-state index contributed by atoms with van der Waals surface area (Å²) < 4.78 is 0. The number of carbonyl (C=O) groups is 5. The van der Waals surface area contributed by atoms with Crippen LogP contribution in [0, 0.1) is 0 Å². The SMILES string of the molecule is CCC(=O)N(c1ccccc1)C(C)CN1CCN(CCc2ccccc2)CC1.O=C(O)C(=O)O.O=C(O)C(=O)O. The molecule has 2 aromatic carbocycles. The van der Waals surface area contributed by atoms with E-state index in [9.17, 15) is 4.79 Å². The summed E-state index contributed by atoms with van der Waals surface area (Å²) >= 11 is 0. The maximum Gasteiger partial charge on any atom is 0.414 e. The first-order chi connectivity index (χ1) is 19.0. The van der Waals surface area contributed by atoms with Gasteiger partial charge in [0.25, 0.3) is 0 Å². The summed E-state index contributed by atoms with van der Waals surface area (Å²) in [7, 11) is 0. The first-order valence-corrected chi connectivity index (χ1v) is 12.7. The lowest BCUT2D eigenvalue weighted by atomic mass is 10.1. The number of rotatable bonds is 8. The predicted molar refractivity (Wildman–Crippen MR) is 147 cm³/mol. The van der Waals surface area contributed by atoms with Crippen molar-refractivity contribution in [3.8, 4) is 0 Å². The molecule has 12 nitrogen and oxygen atoms in total. The highest BCUT2D eigenvalue weighted by atomic mass is 16.4. The van der Waals surface area contributed by atoms with E-state index in [4.69, 9.17) is 39.6 Å². The molecule has 4 N–H and O–H groups in total. The minimum absolute atomic E-state index is 0.172. The molecule has 1 fully saturated rings. The molecule has 218 valence electrons. The third-order valence-corrected chi connectivity index (χ3v) is 5.96. The minimum Gasteiger partial charge on any atom is -0.473 e. The van der Waals surface area contributed by atoms with Crippen LogP contribution in [0.15, 0.2) is 60.7 Å². The second-order valence-corrected chi connectivity index (χ2v) is 8.90. The number of para-hydroxylation sites is 1. The zero-order chi connectivity index (χ0) is 30.1. The molecule has 1 aliphatic rings. The summed E-state index contributed by atoms with van der Waals surface area (Å²) in [6.45, 7) is 10.5. The van der Waals surface area contributed by atoms with Crippen molar-refractivity contribution in [2.75, 3.05) is 44.2 Å². The maximum absolute atomic E-state index is 12.6. The highest BCUT2D eigenvalue weighted by molar-refractivity contribution is 6.27. The zero-order valence-corrected chi connectivity index (χ0v) is 22.7. The van der Waals surface area contributed by atoms with Crippen molar-refractivity contribution in [1.29, 1.82) is 0 Å². The Morgan fingerprint density at radius 1 is 0.725 bits per heavy atom. The van der Waals surface area contributed by atoms with Crippen molar-refractivity contribution >= 4 is 35.5 Å². The molecular weight excluding hydrogens is 522 g/mol. The molecule has 2 aromatic rings. The van der Waals surface area contributed by atoms with Gasteiger partial charge in [0.2, 0.25) is 5.91 Å². The van der Waals surface area contributed by atoms with Crippen molar-refractivity contribution < 1.29 is 44.4 Å². The third kappa shape index (κ3) is 13.0. The van der Waals surface area contributed by atoms with E-state index in [0.29, 0.717) is 6.42 Å². The standard InChI is InChI=1S/C24H33N3O.2C2H2O4/c1-3-24(28)27(23-12-8-5-9-13-23)21(2)20-26-18-16-25(17-19-26)15-14-22-10-6-4-7-11-22;2*3-1(4)2(5)6/h4-13,21H,3,14-20H2,1-2H3;2*(H,3,4)(H,5,6). The summed E-state index contributed by atoms with van der Waals surface area (Å²) in [6.07, 6.45) is 1.65. The fourth-order valence-corrected chi connectivity index (χ4v) is 3.99.